The summed E-state index contributed by atoms with van der Waals surface area (Å²) < 4.78 is 5.09. The summed E-state index contributed by atoms with van der Waals surface area (Å²) in [7, 11) is 0. The lowest BCUT2D eigenvalue weighted by atomic mass is 9.86. The first-order chi connectivity index (χ1) is 9.11. The molecule has 102 valence electrons. The fourth-order valence-electron chi connectivity index (χ4n) is 2.51. The van der Waals surface area contributed by atoms with Gasteiger partial charge in [-0.05, 0) is 62.3 Å². The molecule has 0 saturated carbocycles. The molecule has 1 aliphatic rings. The maximum Gasteiger partial charge on any atom is 0.309 e. The van der Waals surface area contributed by atoms with Crippen LogP contribution in [-0.2, 0) is 9.53 Å². The fraction of sp³-hybridized carbons (Fsp3) is 0.471. The van der Waals surface area contributed by atoms with Crippen molar-refractivity contribution >= 4 is 11.5 Å². The van der Waals surface area contributed by atoms with E-state index in [2.05, 4.69) is 38.1 Å². The largest absolute Gasteiger partial charge is 0.466 e. The van der Waals surface area contributed by atoms with Crippen molar-refractivity contribution in [3.05, 3.63) is 41.0 Å². The summed E-state index contributed by atoms with van der Waals surface area (Å²) in [5.74, 6) is 0.00753. The molecule has 19 heavy (non-hydrogen) atoms. The molecule has 0 N–H and O–H groups in total. The highest BCUT2D eigenvalue weighted by Gasteiger charge is 2.22. The molecule has 1 unspecified atom stereocenters. The number of hydrogen-bond donors (Lipinski definition) is 0. The zero-order valence-electron chi connectivity index (χ0n) is 12.0. The van der Waals surface area contributed by atoms with Crippen molar-refractivity contribution in [2.75, 3.05) is 6.61 Å². The summed E-state index contributed by atoms with van der Waals surface area (Å²) in [6.45, 7) is 6.61. The van der Waals surface area contributed by atoms with E-state index in [-0.39, 0.29) is 11.9 Å². The number of allylic oxidation sites excluding steroid dienone is 2. The molecule has 2 heteroatoms. The molecular formula is C17H22O2. The van der Waals surface area contributed by atoms with E-state index in [1.165, 1.54) is 22.3 Å². The molecule has 2 rings (SSSR count). The lowest BCUT2D eigenvalue weighted by Gasteiger charge is -2.21. The van der Waals surface area contributed by atoms with Crippen LogP contribution in [-0.4, -0.2) is 12.6 Å². The van der Waals surface area contributed by atoms with Crippen LogP contribution in [0.25, 0.3) is 5.57 Å². The summed E-state index contributed by atoms with van der Waals surface area (Å²) in [5, 5.41) is 0. The van der Waals surface area contributed by atoms with E-state index >= 15 is 0 Å². The molecule has 0 radical (unpaired) electrons. The van der Waals surface area contributed by atoms with Crippen LogP contribution in [0.5, 0.6) is 0 Å². The number of esters is 1. The number of ether oxygens (including phenoxy) is 1. The molecule has 0 aliphatic heterocycles. The van der Waals surface area contributed by atoms with Gasteiger partial charge in [0.1, 0.15) is 0 Å². The van der Waals surface area contributed by atoms with Gasteiger partial charge < -0.3 is 4.74 Å². The molecule has 0 heterocycles. The lowest BCUT2D eigenvalue weighted by Crippen LogP contribution is -2.19. The predicted molar refractivity (Wildman–Crippen MR) is 77.9 cm³/mol. The molecule has 0 amide bonds. The Labute approximate surface area is 115 Å². The van der Waals surface area contributed by atoms with Crippen molar-refractivity contribution in [1.82, 2.24) is 0 Å². The number of benzene rings is 1. The molecule has 0 saturated heterocycles. The monoisotopic (exact) mass is 258 g/mol. The zero-order valence-corrected chi connectivity index (χ0v) is 12.0. The van der Waals surface area contributed by atoms with Gasteiger partial charge in [0, 0.05) is 0 Å². The Bertz CT molecular complexity index is 500. The maximum atomic E-state index is 11.7. The molecule has 2 nitrogen and oxygen atoms in total. The normalized spacial score (nSPS) is 18.9. The van der Waals surface area contributed by atoms with Crippen LogP contribution in [0.1, 0.15) is 42.9 Å². The van der Waals surface area contributed by atoms with Crippen molar-refractivity contribution in [3.63, 3.8) is 0 Å². The quantitative estimate of drug-likeness (QED) is 0.764. The average molecular weight is 258 g/mol. The first kappa shape index (κ1) is 13.9. The van der Waals surface area contributed by atoms with Crippen LogP contribution in [0.2, 0.25) is 0 Å². The molecular weight excluding hydrogens is 236 g/mol. The third kappa shape index (κ3) is 3.25. The third-order valence-electron chi connectivity index (χ3n) is 3.91. The van der Waals surface area contributed by atoms with Gasteiger partial charge in [0.25, 0.3) is 0 Å². The van der Waals surface area contributed by atoms with Crippen LogP contribution >= 0.6 is 0 Å². The van der Waals surface area contributed by atoms with Crippen molar-refractivity contribution < 1.29 is 9.53 Å². The van der Waals surface area contributed by atoms with Crippen LogP contribution in [0, 0.1) is 19.8 Å². The molecule has 1 atom stereocenters. The van der Waals surface area contributed by atoms with Crippen LogP contribution in [0.15, 0.2) is 24.3 Å². The molecule has 1 aromatic carbocycles. The summed E-state index contributed by atoms with van der Waals surface area (Å²) in [4.78, 5) is 11.7. The van der Waals surface area contributed by atoms with Gasteiger partial charge in [0.15, 0.2) is 0 Å². The highest BCUT2D eigenvalue weighted by molar-refractivity contribution is 5.75. The van der Waals surface area contributed by atoms with Crippen LogP contribution in [0.4, 0.5) is 0 Å². The summed E-state index contributed by atoms with van der Waals surface area (Å²) >= 11 is 0. The van der Waals surface area contributed by atoms with E-state index in [9.17, 15) is 4.79 Å². The van der Waals surface area contributed by atoms with Crippen molar-refractivity contribution in [2.24, 2.45) is 5.92 Å². The van der Waals surface area contributed by atoms with Gasteiger partial charge in [-0.1, -0.05) is 24.3 Å². The SMILES string of the molecule is CCOC(=O)C1CC=C(c2ccc(C)c(C)c2)CC1. The molecule has 0 bridgehead atoms. The predicted octanol–water partition coefficient (Wildman–Crippen LogP) is 4.05. The number of hydrogen-bond acceptors (Lipinski definition) is 2. The second-order valence-electron chi connectivity index (χ2n) is 5.25. The van der Waals surface area contributed by atoms with Gasteiger partial charge in [-0.2, -0.15) is 0 Å². The highest BCUT2D eigenvalue weighted by atomic mass is 16.5. The molecule has 0 aromatic heterocycles. The van der Waals surface area contributed by atoms with Crippen molar-refractivity contribution in [3.8, 4) is 0 Å². The van der Waals surface area contributed by atoms with E-state index in [1.54, 1.807) is 0 Å². The Hall–Kier alpha value is -1.57. The van der Waals surface area contributed by atoms with Gasteiger partial charge in [-0.3, -0.25) is 4.79 Å². The average Bonchev–Trinajstić information content (AvgIpc) is 2.42. The molecule has 1 aliphatic carbocycles. The topological polar surface area (TPSA) is 26.3 Å². The fourth-order valence-corrected chi connectivity index (χ4v) is 2.51. The lowest BCUT2D eigenvalue weighted by molar-refractivity contribution is -0.148. The van der Waals surface area contributed by atoms with Crippen LogP contribution in [0.3, 0.4) is 0 Å². The first-order valence-corrected chi connectivity index (χ1v) is 7.05. The first-order valence-electron chi connectivity index (χ1n) is 7.05. The third-order valence-corrected chi connectivity index (χ3v) is 3.91. The zero-order chi connectivity index (χ0) is 13.8. The maximum absolute atomic E-state index is 11.7. The van der Waals surface area contributed by atoms with Gasteiger partial charge >= 0.3 is 5.97 Å². The minimum atomic E-state index is -0.0436. The Morgan fingerprint density at radius 2 is 2.11 bits per heavy atom. The number of aryl methyl sites for hydroxylation is 2. The Morgan fingerprint density at radius 3 is 2.68 bits per heavy atom. The minimum Gasteiger partial charge on any atom is -0.466 e. The minimum absolute atomic E-state index is 0.0436. The Balaban J connectivity index is 2.08. The van der Waals surface area contributed by atoms with Gasteiger partial charge in [0.05, 0.1) is 12.5 Å². The van der Waals surface area contributed by atoms with Crippen molar-refractivity contribution in [1.29, 1.82) is 0 Å². The van der Waals surface area contributed by atoms with Gasteiger partial charge in [0.2, 0.25) is 0 Å². The van der Waals surface area contributed by atoms with E-state index in [0.717, 1.165) is 19.3 Å². The smallest absolute Gasteiger partial charge is 0.309 e. The number of carbonyl (C=O) groups excluding carboxylic acids is 1. The van der Waals surface area contributed by atoms with E-state index in [4.69, 9.17) is 4.74 Å². The van der Waals surface area contributed by atoms with Crippen LogP contribution < -0.4 is 0 Å². The Morgan fingerprint density at radius 1 is 1.32 bits per heavy atom. The second-order valence-corrected chi connectivity index (χ2v) is 5.25. The summed E-state index contributed by atoms with van der Waals surface area (Å²) in [6.07, 6.45) is 4.87. The van der Waals surface area contributed by atoms with Gasteiger partial charge in [-0.25, -0.2) is 0 Å². The number of rotatable bonds is 3. The molecule has 1 aromatic rings. The standard InChI is InChI=1S/C17H22O2/c1-4-19-17(18)15-9-7-14(8-10-15)16-6-5-12(2)13(3)11-16/h5-7,11,15H,4,8-10H2,1-3H3. The molecule has 0 fully saturated rings. The van der Waals surface area contributed by atoms with Crippen molar-refractivity contribution in [2.45, 2.75) is 40.0 Å². The highest BCUT2D eigenvalue weighted by Crippen LogP contribution is 2.31. The van der Waals surface area contributed by atoms with E-state index < -0.39 is 0 Å². The summed E-state index contributed by atoms with van der Waals surface area (Å²) in [6, 6.07) is 6.59. The van der Waals surface area contributed by atoms with E-state index in [1.807, 2.05) is 6.92 Å². The number of carbonyl (C=O) groups is 1. The second kappa shape index (κ2) is 6.05. The summed E-state index contributed by atoms with van der Waals surface area (Å²) in [5.41, 5.74) is 5.31. The Kier molecular flexibility index (Phi) is 4.41. The van der Waals surface area contributed by atoms with E-state index in [0.29, 0.717) is 6.61 Å². The van der Waals surface area contributed by atoms with Gasteiger partial charge in [-0.15, -0.1) is 0 Å². The molecule has 0 spiro atoms.